The van der Waals surface area contributed by atoms with E-state index in [1.54, 1.807) is 13.0 Å². The van der Waals surface area contributed by atoms with Gasteiger partial charge in [-0.1, -0.05) is 31.7 Å². The molecular weight excluding hydrogens is 508 g/mol. The van der Waals surface area contributed by atoms with E-state index in [2.05, 4.69) is 23.8 Å². The van der Waals surface area contributed by atoms with Gasteiger partial charge in [0.1, 0.15) is 22.5 Å². The third kappa shape index (κ3) is 4.48. The van der Waals surface area contributed by atoms with Crippen molar-refractivity contribution in [2.24, 2.45) is 22.6 Å². The highest BCUT2D eigenvalue weighted by atomic mass is 32.2. The molecule has 1 aliphatic carbocycles. The second-order valence-electron chi connectivity index (χ2n) is 10.5. The number of amides is 1. The topological polar surface area (TPSA) is 105 Å². The average molecular weight is 538 g/mol. The zero-order valence-corrected chi connectivity index (χ0v) is 22.3. The van der Waals surface area contributed by atoms with Gasteiger partial charge >= 0.3 is 0 Å². The molecule has 3 aliphatic rings. The fraction of sp³-hybridized carbons (Fsp3) is 0.429. The van der Waals surface area contributed by atoms with E-state index < -0.39 is 21.9 Å². The number of fused-ring (bicyclic) bond motifs is 1. The second-order valence-corrected chi connectivity index (χ2v) is 11.9. The summed E-state index contributed by atoms with van der Waals surface area (Å²) >= 11 is 1.27. The lowest BCUT2D eigenvalue weighted by molar-refractivity contribution is -0.142. The summed E-state index contributed by atoms with van der Waals surface area (Å²) < 4.78 is 35.1. The van der Waals surface area contributed by atoms with Crippen LogP contribution in [0.25, 0.3) is 11.9 Å². The number of amidine groups is 1. The predicted molar refractivity (Wildman–Crippen MR) is 143 cm³/mol. The second kappa shape index (κ2) is 9.79. The maximum atomic E-state index is 15.3. The number of ether oxygens (including phenoxy) is 1. The van der Waals surface area contributed by atoms with Gasteiger partial charge in [-0.25, -0.2) is 8.78 Å². The Labute approximate surface area is 224 Å². The van der Waals surface area contributed by atoms with Crippen LogP contribution in [0.5, 0.6) is 0 Å². The normalized spacial score (nSPS) is 28.9. The summed E-state index contributed by atoms with van der Waals surface area (Å²) in [7, 11) is 0. The molecular formula is C28H29F2N5O2S. The number of pyridine rings is 1. The van der Waals surface area contributed by atoms with Gasteiger partial charge in [0, 0.05) is 24.2 Å². The van der Waals surface area contributed by atoms with E-state index in [0.717, 1.165) is 0 Å². The highest BCUT2D eigenvalue weighted by Gasteiger charge is 2.71. The van der Waals surface area contributed by atoms with Crippen LogP contribution in [0.1, 0.15) is 49.6 Å². The third-order valence-electron chi connectivity index (χ3n) is 7.74. The SMILES string of the molecule is CC(C)C1COCCN1C(=O)[C@]12C[C@H]1[C@@](C)(c1cc(/C=C(\F)c3ccc(C#N)cn3)ccc1F)N=C(N)S2. The minimum absolute atomic E-state index is 0.00651. The lowest BCUT2D eigenvalue weighted by atomic mass is 9.84. The highest BCUT2D eigenvalue weighted by Crippen LogP contribution is 2.66. The number of nitriles is 1. The smallest absolute Gasteiger partial charge is 0.240 e. The van der Waals surface area contributed by atoms with Gasteiger partial charge < -0.3 is 15.4 Å². The summed E-state index contributed by atoms with van der Waals surface area (Å²) in [5.41, 5.74) is 6.25. The average Bonchev–Trinajstić information content (AvgIpc) is 3.66. The number of carbonyl (C=O) groups excluding carboxylic acids is 1. The maximum absolute atomic E-state index is 15.3. The number of carbonyl (C=O) groups is 1. The molecule has 0 bridgehead atoms. The lowest BCUT2D eigenvalue weighted by Crippen LogP contribution is -2.56. The summed E-state index contributed by atoms with van der Waals surface area (Å²) in [6, 6.07) is 9.11. The molecule has 2 fully saturated rings. The van der Waals surface area contributed by atoms with Gasteiger partial charge in [-0.05, 0) is 55.2 Å². The summed E-state index contributed by atoms with van der Waals surface area (Å²) in [6.45, 7) is 7.39. The van der Waals surface area contributed by atoms with Crippen molar-refractivity contribution in [2.45, 2.75) is 43.5 Å². The molecule has 0 spiro atoms. The number of nitrogens with two attached hydrogens (primary N) is 1. The van der Waals surface area contributed by atoms with Crippen molar-refractivity contribution in [1.29, 1.82) is 5.26 Å². The summed E-state index contributed by atoms with van der Waals surface area (Å²) in [5, 5.41) is 9.16. The number of rotatable bonds is 5. The first kappa shape index (κ1) is 26.3. The molecule has 2 N–H and O–H groups in total. The molecule has 1 saturated heterocycles. The quantitative estimate of drug-likeness (QED) is 0.603. The van der Waals surface area contributed by atoms with Crippen LogP contribution in [-0.4, -0.2) is 51.5 Å². The van der Waals surface area contributed by atoms with E-state index in [0.29, 0.717) is 37.3 Å². The van der Waals surface area contributed by atoms with E-state index in [9.17, 15) is 9.18 Å². The van der Waals surface area contributed by atoms with Gasteiger partial charge in [-0.2, -0.15) is 5.26 Å². The minimum atomic E-state index is -1.10. The number of benzene rings is 1. The molecule has 7 nitrogen and oxygen atoms in total. The minimum Gasteiger partial charge on any atom is -0.378 e. The van der Waals surface area contributed by atoms with E-state index >= 15 is 4.39 Å². The molecule has 2 aliphatic heterocycles. The Morgan fingerprint density at radius 1 is 1.37 bits per heavy atom. The summed E-state index contributed by atoms with van der Waals surface area (Å²) in [6.07, 6.45) is 3.07. The zero-order valence-electron chi connectivity index (χ0n) is 21.4. The first-order valence-corrected chi connectivity index (χ1v) is 13.4. The Morgan fingerprint density at radius 2 is 2.16 bits per heavy atom. The van der Waals surface area contributed by atoms with Gasteiger partial charge in [0.2, 0.25) is 5.91 Å². The molecule has 1 aromatic heterocycles. The first-order chi connectivity index (χ1) is 18.1. The molecule has 1 unspecified atom stereocenters. The van der Waals surface area contributed by atoms with Crippen LogP contribution < -0.4 is 5.73 Å². The Morgan fingerprint density at radius 3 is 2.84 bits per heavy atom. The fourth-order valence-corrected chi connectivity index (χ4v) is 7.00. The van der Waals surface area contributed by atoms with Crippen LogP contribution in [0.3, 0.4) is 0 Å². The fourth-order valence-electron chi connectivity index (χ4n) is 5.57. The van der Waals surface area contributed by atoms with Gasteiger partial charge in [0.15, 0.2) is 5.17 Å². The molecule has 2 aromatic rings. The van der Waals surface area contributed by atoms with Crippen molar-refractivity contribution in [3.63, 3.8) is 0 Å². The molecule has 38 heavy (non-hydrogen) atoms. The summed E-state index contributed by atoms with van der Waals surface area (Å²) in [4.78, 5) is 24.5. The van der Waals surface area contributed by atoms with E-state index in [1.165, 1.54) is 48.3 Å². The van der Waals surface area contributed by atoms with E-state index in [1.807, 2.05) is 11.0 Å². The number of aliphatic imine (C=N–C) groups is 1. The molecule has 198 valence electrons. The van der Waals surface area contributed by atoms with E-state index in [-0.39, 0.29) is 40.2 Å². The van der Waals surface area contributed by atoms with Crippen LogP contribution in [0.2, 0.25) is 0 Å². The Kier molecular flexibility index (Phi) is 6.78. The van der Waals surface area contributed by atoms with Crippen molar-refractivity contribution < 1.29 is 18.3 Å². The van der Waals surface area contributed by atoms with Crippen LogP contribution >= 0.6 is 11.8 Å². The van der Waals surface area contributed by atoms with Gasteiger partial charge in [-0.3, -0.25) is 14.8 Å². The molecule has 3 heterocycles. The number of halogens is 2. The number of aromatic nitrogens is 1. The molecule has 0 radical (unpaired) electrons. The predicted octanol–water partition coefficient (Wildman–Crippen LogP) is 4.48. The van der Waals surface area contributed by atoms with Crippen LogP contribution in [0, 0.1) is 29.0 Å². The van der Waals surface area contributed by atoms with Crippen molar-refractivity contribution in [2.75, 3.05) is 19.8 Å². The van der Waals surface area contributed by atoms with Crippen molar-refractivity contribution in [1.82, 2.24) is 9.88 Å². The van der Waals surface area contributed by atoms with Crippen molar-refractivity contribution in [3.05, 3.63) is 64.7 Å². The van der Waals surface area contributed by atoms with Crippen LogP contribution in [0.4, 0.5) is 8.78 Å². The van der Waals surface area contributed by atoms with Crippen LogP contribution in [-0.2, 0) is 15.1 Å². The third-order valence-corrected chi connectivity index (χ3v) is 9.03. The first-order valence-electron chi connectivity index (χ1n) is 12.6. The molecule has 1 aromatic carbocycles. The van der Waals surface area contributed by atoms with Gasteiger partial charge in [0.25, 0.3) is 0 Å². The number of nitrogens with zero attached hydrogens (tertiary/aromatic N) is 4. The van der Waals surface area contributed by atoms with E-state index in [4.69, 9.17) is 15.7 Å². The largest absolute Gasteiger partial charge is 0.378 e. The molecule has 10 heteroatoms. The lowest BCUT2D eigenvalue weighted by Gasteiger charge is -2.42. The number of morpholine rings is 1. The van der Waals surface area contributed by atoms with Crippen molar-refractivity contribution in [3.8, 4) is 6.07 Å². The highest BCUT2D eigenvalue weighted by molar-refractivity contribution is 8.15. The van der Waals surface area contributed by atoms with Crippen molar-refractivity contribution >= 4 is 34.7 Å². The maximum Gasteiger partial charge on any atom is 0.240 e. The van der Waals surface area contributed by atoms with Gasteiger partial charge in [-0.15, -0.1) is 0 Å². The monoisotopic (exact) mass is 537 g/mol. The van der Waals surface area contributed by atoms with Gasteiger partial charge in [0.05, 0.1) is 36.1 Å². The molecule has 5 rings (SSSR count). The number of hydrogen-bond donors (Lipinski definition) is 1. The number of hydrogen-bond acceptors (Lipinski definition) is 7. The Hall–Kier alpha value is -3.29. The molecule has 4 atom stereocenters. The molecule has 1 saturated carbocycles. The summed E-state index contributed by atoms with van der Waals surface area (Å²) in [5.74, 6) is -1.17. The molecule has 1 amide bonds. The number of thioether (sulfide) groups is 1. The Balaban J connectivity index is 1.47. The zero-order chi connectivity index (χ0) is 27.2. The Bertz CT molecular complexity index is 1370. The van der Waals surface area contributed by atoms with Crippen LogP contribution in [0.15, 0.2) is 41.5 Å². The standard InChI is InChI=1S/C28H29F2N5O2S/c1-16(2)23-15-37-9-8-35(23)25(36)28-12-24(28)27(3,34-26(32)38-28)19-10-17(4-6-20(19)29)11-21(30)22-7-5-18(13-31)14-33-22/h4-7,10-11,14,16,23-24H,8-9,12,15H2,1-3H3,(H2,32,34)/b21-11-/t23?,24-,27+,28-/m0/s1.